The molecule has 0 saturated carbocycles. The molecule has 5 nitrogen and oxygen atoms in total. The fourth-order valence-electron chi connectivity index (χ4n) is 4.31. The Balaban J connectivity index is 1.72. The minimum absolute atomic E-state index is 0.0182. The largest absolute Gasteiger partial charge is 0.507 e. The highest BCUT2D eigenvalue weighted by atomic mass is 19.1. The Bertz CT molecular complexity index is 1390. The Morgan fingerprint density at radius 1 is 0.909 bits per heavy atom. The van der Waals surface area contributed by atoms with Crippen LogP contribution in [-0.2, 0) is 16.1 Å². The van der Waals surface area contributed by atoms with E-state index in [-0.39, 0.29) is 23.7 Å². The van der Waals surface area contributed by atoms with Crippen LogP contribution < -0.4 is 0 Å². The molecule has 33 heavy (non-hydrogen) atoms. The number of pyridine rings is 1. The van der Waals surface area contributed by atoms with E-state index in [2.05, 4.69) is 4.98 Å². The van der Waals surface area contributed by atoms with Gasteiger partial charge in [0.2, 0.25) is 0 Å². The van der Waals surface area contributed by atoms with Crippen LogP contribution in [0.3, 0.4) is 0 Å². The Hall–Kier alpha value is -4.32. The second-order valence-electron chi connectivity index (χ2n) is 7.86. The summed E-state index contributed by atoms with van der Waals surface area (Å²) in [6, 6.07) is 21.5. The zero-order valence-corrected chi connectivity index (χ0v) is 17.5. The molecule has 4 aromatic rings. The van der Waals surface area contributed by atoms with E-state index in [1.807, 2.05) is 42.5 Å². The quantitative estimate of drug-likeness (QED) is 0.277. The topological polar surface area (TPSA) is 70.5 Å². The minimum Gasteiger partial charge on any atom is -0.507 e. The van der Waals surface area contributed by atoms with E-state index in [0.29, 0.717) is 11.1 Å². The number of likely N-dealkylation sites (tertiary alicyclic amines) is 1. The first-order valence-electron chi connectivity index (χ1n) is 10.5. The molecule has 2 heterocycles. The molecule has 1 unspecified atom stereocenters. The van der Waals surface area contributed by atoms with Crippen molar-refractivity contribution in [1.82, 2.24) is 9.88 Å². The molecular formula is C27H19FN2O3. The van der Waals surface area contributed by atoms with Crippen molar-refractivity contribution >= 4 is 28.2 Å². The molecule has 0 bridgehead atoms. The van der Waals surface area contributed by atoms with Gasteiger partial charge in [-0.15, -0.1) is 0 Å². The highest BCUT2D eigenvalue weighted by Gasteiger charge is 2.46. The normalized spacial score (nSPS) is 17.6. The average molecular weight is 438 g/mol. The Morgan fingerprint density at radius 2 is 1.61 bits per heavy atom. The van der Waals surface area contributed by atoms with Crippen LogP contribution in [0.2, 0.25) is 0 Å². The van der Waals surface area contributed by atoms with Crippen LogP contribution in [0.15, 0.2) is 96.8 Å². The number of Topliss-reactive ketones (excluding diaryl/α,β-unsaturated/α-hetero) is 1. The third-order valence-corrected chi connectivity index (χ3v) is 5.88. The molecule has 3 aromatic carbocycles. The molecule has 6 heteroatoms. The van der Waals surface area contributed by atoms with Crippen LogP contribution in [0, 0.1) is 5.82 Å². The third-order valence-electron chi connectivity index (χ3n) is 5.88. The van der Waals surface area contributed by atoms with Crippen molar-refractivity contribution < 1.29 is 19.1 Å². The number of carbonyl (C=O) groups is 2. The van der Waals surface area contributed by atoms with Gasteiger partial charge < -0.3 is 10.0 Å². The standard InChI is InChI=1S/C27H19FN2O3/c28-20-10-8-17(9-11-20)16-30-24(22-7-3-5-18-4-1-2-6-21(18)22)23(26(32)27(30)33)25(31)19-12-14-29-15-13-19/h1-15,24,31H,16H2/b25-23-. The van der Waals surface area contributed by atoms with Crippen LogP contribution in [0.25, 0.3) is 16.5 Å². The number of aliphatic hydroxyl groups excluding tert-OH is 1. The van der Waals surface area contributed by atoms with Gasteiger partial charge in [-0.05, 0) is 46.2 Å². The number of benzene rings is 3. The maximum Gasteiger partial charge on any atom is 0.295 e. The first-order valence-corrected chi connectivity index (χ1v) is 10.5. The van der Waals surface area contributed by atoms with Gasteiger partial charge >= 0.3 is 0 Å². The van der Waals surface area contributed by atoms with Gasteiger partial charge in [0.25, 0.3) is 11.7 Å². The summed E-state index contributed by atoms with van der Waals surface area (Å²) < 4.78 is 13.4. The molecule has 5 rings (SSSR count). The molecule has 0 aliphatic carbocycles. The lowest BCUT2D eigenvalue weighted by Crippen LogP contribution is -2.29. The second kappa shape index (κ2) is 8.31. The molecule has 1 saturated heterocycles. The predicted molar refractivity (Wildman–Crippen MR) is 122 cm³/mol. The van der Waals surface area contributed by atoms with Gasteiger partial charge in [0.1, 0.15) is 11.6 Å². The zero-order valence-electron chi connectivity index (χ0n) is 17.5. The lowest BCUT2D eigenvalue weighted by atomic mass is 9.91. The monoisotopic (exact) mass is 438 g/mol. The predicted octanol–water partition coefficient (Wildman–Crippen LogP) is 5.00. The smallest absolute Gasteiger partial charge is 0.295 e. The number of fused-ring (bicyclic) bond motifs is 1. The summed E-state index contributed by atoms with van der Waals surface area (Å²) in [4.78, 5) is 31.8. The molecule has 1 aromatic heterocycles. The number of hydrogen-bond donors (Lipinski definition) is 1. The number of rotatable bonds is 4. The number of amides is 1. The summed E-state index contributed by atoms with van der Waals surface area (Å²) >= 11 is 0. The number of aromatic nitrogens is 1. The van der Waals surface area contributed by atoms with Crippen LogP contribution >= 0.6 is 0 Å². The van der Waals surface area contributed by atoms with E-state index in [1.54, 1.807) is 24.3 Å². The van der Waals surface area contributed by atoms with Gasteiger partial charge in [-0.2, -0.15) is 0 Å². The molecule has 1 amide bonds. The van der Waals surface area contributed by atoms with Gasteiger partial charge in [0.05, 0.1) is 11.6 Å². The highest BCUT2D eigenvalue weighted by Crippen LogP contribution is 2.42. The van der Waals surface area contributed by atoms with Crippen molar-refractivity contribution in [1.29, 1.82) is 0 Å². The van der Waals surface area contributed by atoms with Gasteiger partial charge in [-0.25, -0.2) is 4.39 Å². The fourth-order valence-corrected chi connectivity index (χ4v) is 4.31. The van der Waals surface area contributed by atoms with E-state index in [0.717, 1.165) is 16.3 Å². The zero-order chi connectivity index (χ0) is 22.9. The number of carbonyl (C=O) groups excluding carboxylic acids is 2. The fraction of sp³-hybridized carbons (Fsp3) is 0.0741. The van der Waals surface area contributed by atoms with Crippen molar-refractivity contribution in [2.45, 2.75) is 12.6 Å². The van der Waals surface area contributed by atoms with Crippen LogP contribution in [0.4, 0.5) is 4.39 Å². The molecule has 0 radical (unpaired) electrons. The molecule has 1 atom stereocenters. The Labute approximate surface area is 189 Å². The summed E-state index contributed by atoms with van der Waals surface area (Å²) in [7, 11) is 0. The summed E-state index contributed by atoms with van der Waals surface area (Å²) in [6.45, 7) is 0.0892. The highest BCUT2D eigenvalue weighted by molar-refractivity contribution is 6.46. The lowest BCUT2D eigenvalue weighted by molar-refractivity contribution is -0.140. The SMILES string of the molecule is O=C1C(=O)N(Cc2ccc(F)cc2)C(c2cccc3ccccc23)/C1=C(/O)c1ccncc1. The van der Waals surface area contributed by atoms with Gasteiger partial charge in [0, 0.05) is 24.5 Å². The number of halogens is 1. The van der Waals surface area contributed by atoms with Gasteiger partial charge in [0.15, 0.2) is 0 Å². The minimum atomic E-state index is -0.811. The maximum atomic E-state index is 13.4. The number of hydrogen-bond acceptors (Lipinski definition) is 4. The first kappa shape index (κ1) is 20.6. The van der Waals surface area contributed by atoms with E-state index in [1.165, 1.54) is 29.4 Å². The van der Waals surface area contributed by atoms with Crippen molar-refractivity contribution in [3.63, 3.8) is 0 Å². The van der Waals surface area contributed by atoms with E-state index in [9.17, 15) is 19.1 Å². The number of aliphatic hydroxyl groups is 1. The molecular weight excluding hydrogens is 419 g/mol. The van der Waals surface area contributed by atoms with Gasteiger partial charge in [-0.3, -0.25) is 14.6 Å². The Morgan fingerprint density at radius 3 is 2.36 bits per heavy atom. The number of nitrogens with zero attached hydrogens (tertiary/aromatic N) is 2. The van der Waals surface area contributed by atoms with E-state index < -0.39 is 17.7 Å². The summed E-state index contributed by atoms with van der Waals surface area (Å²) in [5, 5.41) is 13.0. The summed E-state index contributed by atoms with van der Waals surface area (Å²) in [6.07, 6.45) is 3.02. The third kappa shape index (κ3) is 3.65. The lowest BCUT2D eigenvalue weighted by Gasteiger charge is -2.26. The molecule has 1 fully saturated rings. The van der Waals surface area contributed by atoms with Crippen LogP contribution in [0.5, 0.6) is 0 Å². The summed E-state index contributed by atoms with van der Waals surface area (Å²) in [5.41, 5.74) is 1.82. The Kier molecular flexibility index (Phi) is 5.18. The second-order valence-corrected chi connectivity index (χ2v) is 7.86. The average Bonchev–Trinajstić information content (AvgIpc) is 3.10. The van der Waals surface area contributed by atoms with Crippen molar-refractivity contribution in [3.05, 3.63) is 119 Å². The summed E-state index contributed by atoms with van der Waals surface area (Å²) in [5.74, 6) is -2.11. The number of ketones is 1. The molecule has 1 aliphatic heterocycles. The van der Waals surface area contributed by atoms with Crippen molar-refractivity contribution in [2.75, 3.05) is 0 Å². The molecule has 162 valence electrons. The van der Waals surface area contributed by atoms with Gasteiger partial charge in [-0.1, -0.05) is 54.6 Å². The maximum absolute atomic E-state index is 13.4. The first-order chi connectivity index (χ1) is 16.0. The van der Waals surface area contributed by atoms with Crippen molar-refractivity contribution in [3.8, 4) is 0 Å². The molecule has 1 aliphatic rings. The van der Waals surface area contributed by atoms with Crippen molar-refractivity contribution in [2.24, 2.45) is 0 Å². The van der Waals surface area contributed by atoms with Crippen LogP contribution in [-0.4, -0.2) is 26.7 Å². The molecule has 1 N–H and O–H groups in total. The van der Waals surface area contributed by atoms with E-state index in [4.69, 9.17) is 0 Å². The van der Waals surface area contributed by atoms with Crippen LogP contribution in [0.1, 0.15) is 22.7 Å². The van der Waals surface area contributed by atoms with E-state index >= 15 is 0 Å². The molecule has 0 spiro atoms.